The number of nitrogens with zero attached hydrogens (tertiary/aromatic N) is 1. The zero-order valence-electron chi connectivity index (χ0n) is 12.6. The number of hydrogen-bond donors (Lipinski definition) is 1. The zero-order valence-corrected chi connectivity index (χ0v) is 12.6. The van der Waals surface area contributed by atoms with Gasteiger partial charge in [0.1, 0.15) is 5.75 Å². The van der Waals surface area contributed by atoms with Crippen molar-refractivity contribution in [2.24, 2.45) is 5.73 Å². The van der Waals surface area contributed by atoms with Crippen LogP contribution in [0.4, 0.5) is 0 Å². The summed E-state index contributed by atoms with van der Waals surface area (Å²) in [6.45, 7) is 3.54. The van der Waals surface area contributed by atoms with E-state index in [0.29, 0.717) is 18.3 Å². The average Bonchev–Trinajstić information content (AvgIpc) is 2.97. The molecule has 2 N–H and O–H groups in total. The number of carbonyl (C=O) groups excluding carboxylic acids is 1. The van der Waals surface area contributed by atoms with Crippen LogP contribution >= 0.6 is 0 Å². The molecule has 1 aromatic carbocycles. The second-order valence-corrected chi connectivity index (χ2v) is 5.49. The number of benzene rings is 1. The molecule has 1 amide bonds. The van der Waals surface area contributed by atoms with Crippen molar-refractivity contribution in [3.63, 3.8) is 0 Å². The van der Waals surface area contributed by atoms with E-state index in [0.717, 1.165) is 31.9 Å². The minimum atomic E-state index is -0.419. The second-order valence-electron chi connectivity index (χ2n) is 5.49. The molecule has 1 atom stereocenters. The first kappa shape index (κ1) is 15.8. The van der Waals surface area contributed by atoms with Gasteiger partial charge in [-0.25, -0.2) is 0 Å². The Hall–Kier alpha value is -1.59. The minimum absolute atomic E-state index is 0.400. The van der Waals surface area contributed by atoms with Gasteiger partial charge in [-0.3, -0.25) is 4.79 Å². The Balaban J connectivity index is 1.61. The predicted octanol–water partition coefficient (Wildman–Crippen LogP) is 1.67. The first-order chi connectivity index (χ1) is 10.1. The molecule has 0 aromatic heterocycles. The molecular formula is C16H24N2O3. The third kappa shape index (κ3) is 5.36. The number of primary amides is 1. The molecule has 21 heavy (non-hydrogen) atoms. The molecule has 1 heterocycles. The van der Waals surface area contributed by atoms with Crippen molar-refractivity contribution in [1.29, 1.82) is 0 Å². The maximum Gasteiger partial charge on any atom is 0.248 e. The Morgan fingerprint density at radius 1 is 1.43 bits per heavy atom. The van der Waals surface area contributed by atoms with Gasteiger partial charge >= 0.3 is 0 Å². The molecule has 1 aromatic rings. The molecule has 0 saturated carbocycles. The molecule has 1 fully saturated rings. The highest BCUT2D eigenvalue weighted by Crippen LogP contribution is 2.14. The summed E-state index contributed by atoms with van der Waals surface area (Å²) in [5, 5.41) is 0. The lowest BCUT2D eigenvalue weighted by molar-refractivity contribution is 0.0797. The van der Waals surface area contributed by atoms with Crippen LogP contribution in [-0.4, -0.2) is 50.3 Å². The quantitative estimate of drug-likeness (QED) is 0.740. The molecule has 1 aliphatic rings. The minimum Gasteiger partial charge on any atom is -0.494 e. The number of carbonyl (C=O) groups is 1. The molecular weight excluding hydrogens is 268 g/mol. The van der Waals surface area contributed by atoms with Crippen LogP contribution in [0.1, 0.15) is 29.6 Å². The van der Waals surface area contributed by atoms with Gasteiger partial charge in [0.2, 0.25) is 5.91 Å². The number of ether oxygens (including phenoxy) is 2. The summed E-state index contributed by atoms with van der Waals surface area (Å²) in [5.41, 5.74) is 5.69. The third-order valence-electron chi connectivity index (χ3n) is 3.63. The summed E-state index contributed by atoms with van der Waals surface area (Å²) in [4.78, 5) is 13.2. The van der Waals surface area contributed by atoms with Crippen molar-refractivity contribution in [1.82, 2.24) is 4.90 Å². The molecule has 116 valence electrons. The van der Waals surface area contributed by atoms with Crippen LogP contribution in [0, 0.1) is 0 Å². The first-order valence-electron chi connectivity index (χ1n) is 7.48. The van der Waals surface area contributed by atoms with E-state index in [-0.39, 0.29) is 0 Å². The Kier molecular flexibility index (Phi) is 6.02. The molecule has 1 aliphatic heterocycles. The van der Waals surface area contributed by atoms with E-state index in [4.69, 9.17) is 15.2 Å². The summed E-state index contributed by atoms with van der Waals surface area (Å²) in [5.74, 6) is 0.346. The van der Waals surface area contributed by atoms with E-state index < -0.39 is 5.91 Å². The molecule has 2 rings (SSSR count). The van der Waals surface area contributed by atoms with E-state index in [1.807, 2.05) is 0 Å². The van der Waals surface area contributed by atoms with Crippen LogP contribution in [0.2, 0.25) is 0 Å². The van der Waals surface area contributed by atoms with Gasteiger partial charge in [0, 0.05) is 25.3 Å². The van der Waals surface area contributed by atoms with Crippen LogP contribution in [0.5, 0.6) is 5.75 Å². The molecule has 5 heteroatoms. The average molecular weight is 292 g/mol. The van der Waals surface area contributed by atoms with Crippen molar-refractivity contribution >= 4 is 5.91 Å². The molecule has 0 unspecified atom stereocenters. The number of hydrogen-bond acceptors (Lipinski definition) is 4. The fraction of sp³-hybridized carbons (Fsp3) is 0.562. The topological polar surface area (TPSA) is 64.8 Å². The summed E-state index contributed by atoms with van der Waals surface area (Å²) < 4.78 is 11.3. The van der Waals surface area contributed by atoms with Crippen molar-refractivity contribution in [2.45, 2.75) is 25.4 Å². The van der Waals surface area contributed by atoms with Crippen LogP contribution in [0.15, 0.2) is 24.3 Å². The molecule has 0 radical (unpaired) electrons. The summed E-state index contributed by atoms with van der Waals surface area (Å²) >= 11 is 0. The number of rotatable bonds is 8. The van der Waals surface area contributed by atoms with Gasteiger partial charge < -0.3 is 20.1 Å². The summed E-state index contributed by atoms with van der Waals surface area (Å²) in [7, 11) is 2.11. The van der Waals surface area contributed by atoms with Crippen molar-refractivity contribution < 1.29 is 14.3 Å². The summed E-state index contributed by atoms with van der Waals surface area (Å²) in [6, 6.07) is 6.91. The normalized spacial score (nSPS) is 18.1. The van der Waals surface area contributed by atoms with E-state index in [9.17, 15) is 4.79 Å². The molecule has 0 aliphatic carbocycles. The van der Waals surface area contributed by atoms with E-state index >= 15 is 0 Å². The summed E-state index contributed by atoms with van der Waals surface area (Å²) in [6.07, 6.45) is 3.72. The van der Waals surface area contributed by atoms with Crippen molar-refractivity contribution in [2.75, 3.05) is 33.4 Å². The molecule has 5 nitrogen and oxygen atoms in total. The van der Waals surface area contributed by atoms with E-state index in [2.05, 4.69) is 11.9 Å². The van der Waals surface area contributed by atoms with E-state index in [1.54, 1.807) is 24.3 Å². The lowest BCUT2D eigenvalue weighted by Gasteiger charge is -2.20. The highest BCUT2D eigenvalue weighted by atomic mass is 16.5. The molecule has 1 saturated heterocycles. The first-order valence-corrected chi connectivity index (χ1v) is 7.48. The van der Waals surface area contributed by atoms with Crippen LogP contribution in [0.25, 0.3) is 0 Å². The Labute approximate surface area is 126 Å². The monoisotopic (exact) mass is 292 g/mol. The number of likely N-dealkylation sites (N-methyl/N-ethyl adjacent to an activating group) is 1. The molecule has 0 spiro atoms. The number of amides is 1. The lowest BCUT2D eigenvalue weighted by atomic mass is 10.2. The Morgan fingerprint density at radius 3 is 2.81 bits per heavy atom. The number of nitrogens with two attached hydrogens (primary N) is 1. The van der Waals surface area contributed by atoms with Gasteiger partial charge in [-0.2, -0.15) is 0 Å². The van der Waals surface area contributed by atoms with Crippen LogP contribution < -0.4 is 10.5 Å². The van der Waals surface area contributed by atoms with Gasteiger partial charge in [0.15, 0.2) is 0 Å². The van der Waals surface area contributed by atoms with Crippen LogP contribution in [-0.2, 0) is 4.74 Å². The smallest absolute Gasteiger partial charge is 0.248 e. The standard InChI is InChI=1S/C16H24N2O3/c1-18(12-15-4-2-10-21-15)9-3-11-20-14-7-5-13(6-8-14)16(17)19/h5-8,15H,2-4,9-12H2,1H3,(H2,17,19)/t15-/m0/s1. The second kappa shape index (κ2) is 8.00. The maximum absolute atomic E-state index is 11.0. The molecule has 0 bridgehead atoms. The van der Waals surface area contributed by atoms with Gasteiger partial charge in [-0.15, -0.1) is 0 Å². The van der Waals surface area contributed by atoms with Gasteiger partial charge in [-0.05, 0) is 50.6 Å². The van der Waals surface area contributed by atoms with Gasteiger partial charge in [-0.1, -0.05) is 0 Å². The maximum atomic E-state index is 11.0. The van der Waals surface area contributed by atoms with Crippen molar-refractivity contribution in [3.8, 4) is 5.75 Å². The SMILES string of the molecule is CN(CCCOc1ccc(C(N)=O)cc1)C[C@@H]1CCCO1. The van der Waals surface area contributed by atoms with Gasteiger partial charge in [0.05, 0.1) is 12.7 Å². The largest absolute Gasteiger partial charge is 0.494 e. The predicted molar refractivity (Wildman–Crippen MR) is 81.5 cm³/mol. The zero-order chi connectivity index (χ0) is 15.1. The van der Waals surface area contributed by atoms with E-state index in [1.165, 1.54) is 12.8 Å². The Morgan fingerprint density at radius 2 is 2.19 bits per heavy atom. The van der Waals surface area contributed by atoms with Crippen LogP contribution in [0.3, 0.4) is 0 Å². The third-order valence-corrected chi connectivity index (χ3v) is 3.63. The fourth-order valence-electron chi connectivity index (χ4n) is 2.47. The highest BCUT2D eigenvalue weighted by Gasteiger charge is 2.16. The highest BCUT2D eigenvalue weighted by molar-refractivity contribution is 5.92. The lowest BCUT2D eigenvalue weighted by Crippen LogP contribution is -2.30. The fourth-order valence-corrected chi connectivity index (χ4v) is 2.47. The van der Waals surface area contributed by atoms with Gasteiger partial charge in [0.25, 0.3) is 0 Å². The Bertz CT molecular complexity index is 441. The van der Waals surface area contributed by atoms with Crippen molar-refractivity contribution in [3.05, 3.63) is 29.8 Å².